The lowest BCUT2D eigenvalue weighted by molar-refractivity contribution is -0.271. The zero-order valence-electron chi connectivity index (χ0n) is 42.4. The maximum Gasteiger partial charge on any atom is 0.411 e. The molecule has 77 heavy (non-hydrogen) atoms. The summed E-state index contributed by atoms with van der Waals surface area (Å²) in [5.74, 6) is 0.639. The number of anilines is 3. The van der Waals surface area contributed by atoms with Crippen LogP contribution in [-0.4, -0.2) is 142 Å². The number of carbonyl (C=O) groups excluding carboxylic acids is 5. The second-order valence-corrected chi connectivity index (χ2v) is 21.6. The first-order chi connectivity index (χ1) is 36.7. The van der Waals surface area contributed by atoms with Crippen LogP contribution in [0.25, 0.3) is 0 Å². The van der Waals surface area contributed by atoms with Gasteiger partial charge in [0.1, 0.15) is 50.1 Å². The highest BCUT2D eigenvalue weighted by molar-refractivity contribution is 6.01. The number of halogens is 1. The van der Waals surface area contributed by atoms with Gasteiger partial charge in [-0.2, -0.15) is 0 Å². The van der Waals surface area contributed by atoms with Crippen molar-refractivity contribution in [2.24, 2.45) is 45.8 Å². The van der Waals surface area contributed by atoms with Gasteiger partial charge in [0.15, 0.2) is 17.7 Å². The fraction of sp³-hybridized carbons (Fsp3) is 0.491. The average molecular weight is 1070 g/mol. The lowest BCUT2D eigenvalue weighted by Crippen LogP contribution is -2.61. The summed E-state index contributed by atoms with van der Waals surface area (Å²) in [5.41, 5.74) is 1.36. The molecule has 4 aliphatic carbocycles. The molecule has 5 fully saturated rings. The Kier molecular flexibility index (Phi) is 15.8. The Balaban J connectivity index is 0.829. The van der Waals surface area contributed by atoms with Crippen molar-refractivity contribution < 1.29 is 82.8 Å². The topological polar surface area (TPSA) is 326 Å². The van der Waals surface area contributed by atoms with Crippen molar-refractivity contribution in [2.45, 2.75) is 95.5 Å². The molecule has 21 nitrogen and oxygen atoms in total. The number of nitrogens with one attached hydrogen (secondary N) is 3. The minimum Gasteiger partial charge on any atom is -0.479 e. The minimum atomic E-state index is -1.98. The van der Waals surface area contributed by atoms with Crippen LogP contribution < -0.4 is 31.5 Å². The summed E-state index contributed by atoms with van der Waals surface area (Å²) < 4.78 is 32.6. The van der Waals surface area contributed by atoms with Crippen molar-refractivity contribution in [1.82, 2.24) is 5.32 Å². The highest BCUT2D eigenvalue weighted by Gasteiger charge is 2.74. The van der Waals surface area contributed by atoms with Gasteiger partial charge in [0.2, 0.25) is 18.1 Å². The number of rotatable bonds is 17. The molecule has 2 saturated heterocycles. The third-order valence-corrected chi connectivity index (χ3v) is 17.2. The number of aliphatic hydroxyl groups is 5. The normalized spacial score (nSPS) is 32.9. The molecule has 3 saturated carbocycles. The van der Waals surface area contributed by atoms with Crippen LogP contribution >= 0.6 is 0 Å². The Morgan fingerprint density at radius 3 is 2.39 bits per heavy atom. The fourth-order valence-electron chi connectivity index (χ4n) is 13.7. The van der Waals surface area contributed by atoms with E-state index in [2.05, 4.69) is 32.6 Å². The molecule has 3 amide bonds. The molecule has 2 heterocycles. The first kappa shape index (κ1) is 55.1. The summed E-state index contributed by atoms with van der Waals surface area (Å²) in [4.78, 5) is 82.5. The van der Waals surface area contributed by atoms with Crippen LogP contribution in [0.2, 0.25) is 0 Å². The van der Waals surface area contributed by atoms with Gasteiger partial charge < -0.3 is 60.4 Å². The Hall–Kier alpha value is -6.63. The molecule has 3 aromatic carbocycles. The highest BCUT2D eigenvalue weighted by atomic mass is 19.1. The number of ether oxygens (including phenoxy) is 3. The number of alkyl halides is 1. The van der Waals surface area contributed by atoms with Crippen LogP contribution in [0.15, 0.2) is 90.5 Å². The number of aliphatic carboxylic acids is 1. The van der Waals surface area contributed by atoms with E-state index in [4.69, 9.17) is 20.1 Å². The van der Waals surface area contributed by atoms with E-state index in [0.29, 0.717) is 49.2 Å². The van der Waals surface area contributed by atoms with Gasteiger partial charge in [0, 0.05) is 48.8 Å². The minimum absolute atomic E-state index is 0.0472. The molecule has 0 unspecified atom stereocenters. The Labute approximate surface area is 442 Å². The van der Waals surface area contributed by atoms with Crippen molar-refractivity contribution in [3.05, 3.63) is 107 Å². The molecular formula is C55H64FN5O16. The van der Waals surface area contributed by atoms with Crippen LogP contribution in [0, 0.1) is 39.9 Å². The van der Waals surface area contributed by atoms with E-state index in [1.165, 1.54) is 30.4 Å². The summed E-state index contributed by atoms with van der Waals surface area (Å²) >= 11 is 0. The largest absolute Gasteiger partial charge is 0.479 e. The van der Waals surface area contributed by atoms with Crippen molar-refractivity contribution in [1.29, 1.82) is 0 Å². The number of carboxylic acid groups (broad SMARTS) is 1. The molecule has 22 heteroatoms. The number of benzene rings is 3. The van der Waals surface area contributed by atoms with E-state index in [9.17, 15) is 59.4 Å². The van der Waals surface area contributed by atoms with Crippen LogP contribution in [0.1, 0.15) is 56.2 Å². The molecule has 9 rings (SSSR count). The van der Waals surface area contributed by atoms with Gasteiger partial charge in [-0.05, 0) is 120 Å². The van der Waals surface area contributed by atoms with Crippen molar-refractivity contribution in [3.63, 3.8) is 0 Å². The maximum absolute atomic E-state index is 16.1. The number of fused-ring (bicyclic) bond motifs is 7. The number of carboxylic acids is 1. The smallest absolute Gasteiger partial charge is 0.411 e. The van der Waals surface area contributed by atoms with Crippen LogP contribution in [0.5, 0.6) is 5.75 Å². The molecule has 3 aromatic rings. The lowest BCUT2D eigenvalue weighted by Gasteiger charge is -2.60. The maximum atomic E-state index is 16.1. The van der Waals surface area contributed by atoms with Crippen LogP contribution in [0.4, 0.5) is 26.2 Å². The zero-order chi connectivity index (χ0) is 55.1. The Bertz CT molecular complexity index is 2850. The number of allylic oxidation sites excluding steroid dienone is 4. The van der Waals surface area contributed by atoms with Crippen molar-refractivity contribution >= 4 is 52.5 Å². The molecule has 11 N–H and O–H groups in total. The van der Waals surface area contributed by atoms with E-state index >= 15 is 4.39 Å². The molecule has 0 aromatic heterocycles. The van der Waals surface area contributed by atoms with Gasteiger partial charge in [-0.3, -0.25) is 29.3 Å². The first-order valence-corrected chi connectivity index (χ1v) is 25.6. The number of hydrogen-bond donors (Lipinski definition) is 10. The molecule has 14 atom stereocenters. The van der Waals surface area contributed by atoms with Gasteiger partial charge in [0.05, 0.1) is 17.2 Å². The standard InChI is InChI=1S/C55H64FN5O16/c1-53-14-12-34(63)20-37(53)38(56)21-35-36-19-31-23-61(27-55(31,42(65)24-62)54(36,2)22-40(64)45(35)53)33-9-6-28(7-10-33)16-29-4-3-5-32(17-29)59-52(73)74-25-30-8-11-41(39(18-30)60-43(66)13-15-58-44(67)26-75-57)76-51-48(70)46(68)47(69)49(77-51)50(71)72/h3-12,14,17-18,20,31,35-36,38,40,45-49,51,62,64,68-70H,13,15-16,19,21-27,57H2,1-2H3,(H,58,67)(H,59,73)(H,60,66)(H,71,72)/t31-,35-,36-,38-,40-,45+,46-,47-,48+,49-,51+,53-,54-,55+/m0/s1. The van der Waals surface area contributed by atoms with Gasteiger partial charge in [-0.25, -0.2) is 19.9 Å². The predicted octanol–water partition coefficient (Wildman–Crippen LogP) is 2.45. The average Bonchev–Trinajstić information content (AvgIpc) is 3.96. The number of Topliss-reactive ketones (excluding diaryl/α,β-unsaturated/α-hetero) is 1. The quantitative estimate of drug-likeness (QED) is 0.0868. The van der Waals surface area contributed by atoms with E-state index in [-0.39, 0.29) is 72.7 Å². The number of carbonyl (C=O) groups is 6. The first-order valence-electron chi connectivity index (χ1n) is 25.6. The van der Waals surface area contributed by atoms with E-state index in [1.54, 1.807) is 24.3 Å². The van der Waals surface area contributed by atoms with Crippen molar-refractivity contribution in [2.75, 3.05) is 48.4 Å². The number of aliphatic hydroxyl groups excluding tert-OH is 5. The second kappa shape index (κ2) is 22.0. The van der Waals surface area contributed by atoms with E-state index in [0.717, 1.165) is 16.8 Å². The molecule has 412 valence electrons. The zero-order valence-corrected chi connectivity index (χ0v) is 42.4. The second-order valence-electron chi connectivity index (χ2n) is 21.6. The van der Waals surface area contributed by atoms with Crippen LogP contribution in [-0.2, 0) is 51.3 Å². The Morgan fingerprint density at radius 2 is 1.66 bits per heavy atom. The monoisotopic (exact) mass is 1070 g/mol. The number of amides is 3. The van der Waals surface area contributed by atoms with Gasteiger partial charge in [-0.1, -0.05) is 50.3 Å². The third-order valence-electron chi connectivity index (χ3n) is 17.2. The number of ketones is 2. The fourth-order valence-corrected chi connectivity index (χ4v) is 13.7. The number of hydrogen-bond acceptors (Lipinski definition) is 17. The number of nitrogens with two attached hydrogens (primary N) is 1. The lowest BCUT2D eigenvalue weighted by atomic mass is 9.44. The number of nitrogens with zero attached hydrogens (tertiary/aromatic N) is 1. The summed E-state index contributed by atoms with van der Waals surface area (Å²) in [6, 6.07) is 19.3. The predicted molar refractivity (Wildman–Crippen MR) is 271 cm³/mol. The van der Waals surface area contributed by atoms with E-state index in [1.807, 2.05) is 37.3 Å². The Morgan fingerprint density at radius 1 is 0.909 bits per heavy atom. The third kappa shape index (κ3) is 10.5. The molecule has 0 spiro atoms. The van der Waals surface area contributed by atoms with Gasteiger partial charge in [-0.15, -0.1) is 0 Å². The molecule has 0 radical (unpaired) electrons. The molecule has 6 aliphatic rings. The summed E-state index contributed by atoms with van der Waals surface area (Å²) in [6.45, 7) is 3.35. The molecular weight excluding hydrogens is 1010 g/mol. The van der Waals surface area contributed by atoms with E-state index < -0.39 is 96.3 Å². The summed E-state index contributed by atoms with van der Waals surface area (Å²) in [6.07, 6.45) is -6.64. The molecule has 2 aliphatic heterocycles. The summed E-state index contributed by atoms with van der Waals surface area (Å²) in [7, 11) is 0. The highest BCUT2D eigenvalue weighted by Crippen LogP contribution is 2.73. The van der Waals surface area contributed by atoms with Gasteiger partial charge >= 0.3 is 12.1 Å². The molecule has 0 bridgehead atoms. The van der Waals surface area contributed by atoms with Crippen molar-refractivity contribution in [3.8, 4) is 5.75 Å². The summed E-state index contributed by atoms with van der Waals surface area (Å²) in [5, 5.41) is 70.8. The van der Waals surface area contributed by atoms with Gasteiger partial charge in [0.25, 0.3) is 0 Å². The van der Waals surface area contributed by atoms with Crippen LogP contribution in [0.3, 0.4) is 0 Å². The SMILES string of the molecule is C[C@]12C=CC(=O)C=C1[C@@H](F)C[C@@H]1[C@@H]2[C@@H](O)C[C@@]2(C)[C@H]1C[C@H]1CN(c3ccc(Cc4cccc(NC(=O)OCc5ccc(O[C@@H]6O[C@H](C(=O)O)[C@@H](O)[C@H](O)[C@H]6O)c(NC(=O)CCNC(=O)CON)c5)c4)cc3)C[C@]12C(=O)CO.